The number of nitrogens with two attached hydrogens (primary N) is 1. The average molecular weight is 357 g/mol. The average Bonchev–Trinajstić information content (AvgIpc) is 3.04. The van der Waals surface area contributed by atoms with Crippen LogP contribution in [0, 0.1) is 0 Å². The van der Waals surface area contributed by atoms with Gasteiger partial charge >= 0.3 is 0 Å². The van der Waals surface area contributed by atoms with E-state index in [4.69, 9.17) is 10.5 Å². The topological polar surface area (TPSA) is 84.7 Å². The Balaban J connectivity index is 1.85. The molecule has 6 nitrogen and oxygen atoms in total. The molecule has 0 bridgehead atoms. The van der Waals surface area contributed by atoms with E-state index in [1.165, 1.54) is 6.26 Å². The molecular weight excluding hydrogens is 330 g/mol. The van der Waals surface area contributed by atoms with Crippen LogP contribution in [0.1, 0.15) is 51.5 Å². The first-order valence-electron chi connectivity index (χ1n) is 9.37. The Morgan fingerprint density at radius 3 is 2.46 bits per heavy atom. The first kappa shape index (κ1) is 18.3. The minimum absolute atomic E-state index is 0.118. The minimum atomic E-state index is -0.514. The van der Waals surface area contributed by atoms with Gasteiger partial charge in [0.2, 0.25) is 5.91 Å². The molecule has 0 aromatic heterocycles. The Kier molecular flexibility index (Phi) is 5.20. The van der Waals surface area contributed by atoms with Crippen LogP contribution in [-0.2, 0) is 19.7 Å². The Labute approximate surface area is 154 Å². The van der Waals surface area contributed by atoms with E-state index in [0.717, 1.165) is 43.4 Å². The largest absolute Gasteiger partial charge is 0.475 e. The monoisotopic (exact) mass is 357 g/mol. The maximum absolute atomic E-state index is 12.7. The van der Waals surface area contributed by atoms with Crippen molar-refractivity contribution in [2.24, 2.45) is 5.73 Å². The highest BCUT2D eigenvalue weighted by Crippen LogP contribution is 2.44. The van der Waals surface area contributed by atoms with Gasteiger partial charge in [-0.1, -0.05) is 32.4 Å². The van der Waals surface area contributed by atoms with E-state index < -0.39 is 11.3 Å². The molecule has 1 heterocycles. The zero-order chi connectivity index (χ0) is 18.7. The number of carbonyl (C=O) groups excluding carboxylic acids is 2. The fraction of sp³-hybridized carbons (Fsp3) is 0.500. The molecule has 1 saturated carbocycles. The summed E-state index contributed by atoms with van der Waals surface area (Å²) in [6.07, 6.45) is 5.64. The highest BCUT2D eigenvalue weighted by molar-refractivity contribution is 5.96. The molecule has 140 valence electrons. The van der Waals surface area contributed by atoms with Crippen LogP contribution in [0.2, 0.25) is 0 Å². The first-order chi connectivity index (χ1) is 12.5. The zero-order valence-corrected chi connectivity index (χ0v) is 15.5. The van der Waals surface area contributed by atoms with Crippen molar-refractivity contribution in [1.82, 2.24) is 5.32 Å². The Morgan fingerprint density at radius 2 is 1.96 bits per heavy atom. The number of ether oxygens (including phenoxy) is 1. The van der Waals surface area contributed by atoms with Crippen molar-refractivity contribution in [2.75, 3.05) is 11.4 Å². The molecule has 1 aliphatic carbocycles. The maximum atomic E-state index is 12.7. The van der Waals surface area contributed by atoms with E-state index in [0.29, 0.717) is 12.2 Å². The second-order valence-corrected chi connectivity index (χ2v) is 6.97. The first-order valence-corrected chi connectivity index (χ1v) is 9.37. The smallest absolute Gasteiger partial charge is 0.268 e. The quantitative estimate of drug-likeness (QED) is 0.785. The van der Waals surface area contributed by atoms with Crippen molar-refractivity contribution in [2.45, 2.75) is 57.6 Å². The predicted octanol–water partition coefficient (Wildman–Crippen LogP) is 2.53. The van der Waals surface area contributed by atoms with E-state index in [1.54, 1.807) is 0 Å². The highest BCUT2D eigenvalue weighted by Gasteiger charge is 2.45. The molecule has 3 rings (SSSR count). The van der Waals surface area contributed by atoms with Crippen LogP contribution in [0.15, 0.2) is 36.2 Å². The van der Waals surface area contributed by atoms with E-state index in [1.807, 2.05) is 36.1 Å². The van der Waals surface area contributed by atoms with Crippen molar-refractivity contribution >= 4 is 17.5 Å². The number of primary amides is 1. The van der Waals surface area contributed by atoms with Crippen LogP contribution in [0.4, 0.5) is 5.69 Å². The third kappa shape index (κ3) is 3.04. The summed E-state index contributed by atoms with van der Waals surface area (Å²) in [5.41, 5.74) is 7.28. The van der Waals surface area contributed by atoms with Gasteiger partial charge in [-0.15, -0.1) is 0 Å². The molecule has 6 heteroatoms. The second kappa shape index (κ2) is 7.40. The van der Waals surface area contributed by atoms with Crippen molar-refractivity contribution in [1.29, 1.82) is 0 Å². The van der Waals surface area contributed by atoms with Gasteiger partial charge in [0.1, 0.15) is 12.0 Å². The molecule has 2 aliphatic rings. The molecule has 1 unspecified atom stereocenters. The van der Waals surface area contributed by atoms with Gasteiger partial charge in [-0.25, -0.2) is 0 Å². The summed E-state index contributed by atoms with van der Waals surface area (Å²) in [5, 5.41) is 3.04. The summed E-state index contributed by atoms with van der Waals surface area (Å²) in [7, 11) is 0. The molecule has 1 aromatic carbocycles. The molecule has 0 saturated heterocycles. The molecular formula is C20H27N3O3. The molecule has 26 heavy (non-hydrogen) atoms. The van der Waals surface area contributed by atoms with E-state index in [9.17, 15) is 9.59 Å². The highest BCUT2D eigenvalue weighted by atomic mass is 16.5. The molecule has 1 fully saturated rings. The number of benzene rings is 1. The summed E-state index contributed by atoms with van der Waals surface area (Å²) >= 11 is 0. The normalized spacial score (nSPS) is 20.8. The Morgan fingerprint density at radius 1 is 1.27 bits per heavy atom. The van der Waals surface area contributed by atoms with Gasteiger partial charge in [0, 0.05) is 18.7 Å². The SMILES string of the molecule is CCCNC(=O)C1(c2ccc(N3C(C(N)=O)=COC3CC)cc2)CCC1. The molecule has 0 spiro atoms. The number of hydrogen-bond acceptors (Lipinski definition) is 4. The molecule has 1 aromatic rings. The summed E-state index contributed by atoms with van der Waals surface area (Å²) < 4.78 is 5.55. The number of nitrogens with one attached hydrogen (secondary N) is 1. The van der Waals surface area contributed by atoms with Crippen molar-refractivity contribution in [3.8, 4) is 0 Å². The number of hydrogen-bond donors (Lipinski definition) is 2. The molecule has 1 atom stereocenters. The summed E-state index contributed by atoms with van der Waals surface area (Å²) in [6.45, 7) is 4.74. The molecule has 2 amide bonds. The van der Waals surface area contributed by atoms with Gasteiger partial charge in [-0.3, -0.25) is 14.5 Å². The van der Waals surface area contributed by atoms with E-state index in [2.05, 4.69) is 12.2 Å². The van der Waals surface area contributed by atoms with Crippen molar-refractivity contribution in [3.63, 3.8) is 0 Å². The number of rotatable bonds is 7. The number of amides is 2. The number of carbonyl (C=O) groups is 2. The lowest BCUT2D eigenvalue weighted by Crippen LogP contribution is -2.49. The van der Waals surface area contributed by atoms with E-state index in [-0.39, 0.29) is 12.1 Å². The van der Waals surface area contributed by atoms with Crippen LogP contribution < -0.4 is 16.0 Å². The lowest BCUT2D eigenvalue weighted by Gasteiger charge is -2.41. The second-order valence-electron chi connectivity index (χ2n) is 6.97. The summed E-state index contributed by atoms with van der Waals surface area (Å²) in [6, 6.07) is 7.86. The van der Waals surface area contributed by atoms with Gasteiger partial charge in [0.15, 0.2) is 6.23 Å². The van der Waals surface area contributed by atoms with Gasteiger partial charge in [0.25, 0.3) is 5.91 Å². The zero-order valence-electron chi connectivity index (χ0n) is 15.5. The van der Waals surface area contributed by atoms with Crippen LogP contribution in [-0.4, -0.2) is 24.6 Å². The third-order valence-electron chi connectivity index (χ3n) is 5.36. The fourth-order valence-corrected chi connectivity index (χ4v) is 3.70. The standard InChI is InChI=1S/C20H27N3O3/c1-3-12-22-19(25)20(10-5-11-20)14-6-8-15(9-7-14)23-16(18(21)24)13-26-17(23)4-2/h6-9,13,17H,3-5,10-12H2,1-2H3,(H2,21,24)(H,22,25). The summed E-state index contributed by atoms with van der Waals surface area (Å²) in [4.78, 5) is 26.2. The van der Waals surface area contributed by atoms with Crippen LogP contribution in [0.25, 0.3) is 0 Å². The van der Waals surface area contributed by atoms with Gasteiger partial charge in [-0.05, 0) is 37.0 Å². The van der Waals surface area contributed by atoms with Gasteiger partial charge in [0.05, 0.1) is 5.41 Å². The van der Waals surface area contributed by atoms with Crippen LogP contribution >= 0.6 is 0 Å². The van der Waals surface area contributed by atoms with Crippen molar-refractivity contribution < 1.29 is 14.3 Å². The van der Waals surface area contributed by atoms with Crippen LogP contribution in [0.3, 0.4) is 0 Å². The Hall–Kier alpha value is -2.50. The number of nitrogens with zero attached hydrogens (tertiary/aromatic N) is 1. The Bertz CT molecular complexity index is 708. The lowest BCUT2D eigenvalue weighted by atomic mass is 9.63. The molecule has 3 N–H and O–H groups in total. The third-order valence-corrected chi connectivity index (χ3v) is 5.36. The van der Waals surface area contributed by atoms with Gasteiger partial charge < -0.3 is 15.8 Å². The summed E-state index contributed by atoms with van der Waals surface area (Å²) in [5.74, 6) is -0.397. The maximum Gasteiger partial charge on any atom is 0.268 e. The van der Waals surface area contributed by atoms with Gasteiger partial charge in [-0.2, -0.15) is 0 Å². The fourth-order valence-electron chi connectivity index (χ4n) is 3.70. The van der Waals surface area contributed by atoms with Crippen LogP contribution in [0.5, 0.6) is 0 Å². The van der Waals surface area contributed by atoms with Crippen molar-refractivity contribution in [3.05, 3.63) is 41.8 Å². The van der Waals surface area contributed by atoms with E-state index >= 15 is 0 Å². The molecule has 1 aliphatic heterocycles. The lowest BCUT2D eigenvalue weighted by molar-refractivity contribution is -0.129. The molecule has 0 radical (unpaired) electrons. The minimum Gasteiger partial charge on any atom is -0.475 e. The number of anilines is 1. The predicted molar refractivity (Wildman–Crippen MR) is 100 cm³/mol.